The number of aromatic hydroxyl groups is 1. The molecule has 1 N–H and O–H groups in total. The van der Waals surface area contributed by atoms with Crippen molar-refractivity contribution in [1.29, 1.82) is 0 Å². The molecule has 1 heterocycles. The number of imide groups is 1. The molecule has 0 bridgehead atoms. The Morgan fingerprint density at radius 3 is 2.11 bits per heavy atom. The SMILES string of the molecule is CC1=C(C)C(=O)[C@@]2(C)[C@@H](c3ccc(O)cc3)C3=CC[C@@H]4C(=O)N(c5ccc(C(=O)c6ccccc6)cc5)C(=O)[C@@H]4[C@@H]3C[C@H]2C1=O. The average Bonchev–Trinajstić information content (AvgIpc) is 3.32. The summed E-state index contributed by atoms with van der Waals surface area (Å²) >= 11 is 0. The zero-order chi connectivity index (χ0) is 31.8. The van der Waals surface area contributed by atoms with E-state index in [1.54, 1.807) is 86.6 Å². The van der Waals surface area contributed by atoms with Crippen molar-refractivity contribution in [1.82, 2.24) is 0 Å². The lowest BCUT2D eigenvalue weighted by Crippen LogP contribution is -2.55. The molecule has 45 heavy (non-hydrogen) atoms. The Labute approximate surface area is 261 Å². The predicted molar refractivity (Wildman–Crippen MR) is 167 cm³/mol. The molecule has 4 aliphatic rings. The van der Waals surface area contributed by atoms with Gasteiger partial charge in [-0.05, 0) is 85.7 Å². The average molecular weight is 600 g/mol. The summed E-state index contributed by atoms with van der Waals surface area (Å²) in [6, 6.07) is 22.1. The molecule has 226 valence electrons. The highest BCUT2D eigenvalue weighted by Crippen LogP contribution is 2.63. The molecule has 7 rings (SSSR count). The van der Waals surface area contributed by atoms with Crippen LogP contribution in [0.2, 0.25) is 0 Å². The number of Topliss-reactive ketones (excluding diaryl/α,β-unsaturated/α-hetero) is 2. The molecule has 1 aliphatic heterocycles. The Morgan fingerprint density at radius 2 is 1.44 bits per heavy atom. The monoisotopic (exact) mass is 599 g/mol. The number of carbonyl (C=O) groups excluding carboxylic acids is 5. The van der Waals surface area contributed by atoms with Crippen molar-refractivity contribution in [2.75, 3.05) is 4.90 Å². The van der Waals surface area contributed by atoms with Crippen LogP contribution in [0, 0.1) is 29.1 Å². The van der Waals surface area contributed by atoms with Crippen molar-refractivity contribution in [3.63, 3.8) is 0 Å². The molecule has 6 atom stereocenters. The van der Waals surface area contributed by atoms with E-state index in [-0.39, 0.29) is 34.9 Å². The van der Waals surface area contributed by atoms with E-state index in [2.05, 4.69) is 0 Å². The fourth-order valence-corrected chi connectivity index (χ4v) is 8.40. The quantitative estimate of drug-likeness (QED) is 0.225. The first-order chi connectivity index (χ1) is 21.5. The van der Waals surface area contributed by atoms with Gasteiger partial charge in [0.1, 0.15) is 5.75 Å². The molecule has 2 fully saturated rings. The molecule has 3 aromatic carbocycles. The van der Waals surface area contributed by atoms with Gasteiger partial charge in [0, 0.05) is 23.0 Å². The Kier molecular flexibility index (Phi) is 6.62. The number of amides is 2. The van der Waals surface area contributed by atoms with Crippen molar-refractivity contribution in [3.05, 3.63) is 118 Å². The van der Waals surface area contributed by atoms with Crippen LogP contribution in [0.15, 0.2) is 102 Å². The van der Waals surface area contributed by atoms with E-state index in [0.717, 1.165) is 11.1 Å². The molecule has 2 amide bonds. The third kappa shape index (κ3) is 4.13. The minimum absolute atomic E-state index is 0.0789. The Morgan fingerprint density at radius 1 is 0.800 bits per heavy atom. The molecule has 0 spiro atoms. The van der Waals surface area contributed by atoms with Crippen LogP contribution in [0.4, 0.5) is 5.69 Å². The first-order valence-corrected chi connectivity index (χ1v) is 15.4. The van der Waals surface area contributed by atoms with Gasteiger partial charge in [0.05, 0.1) is 22.9 Å². The highest BCUT2D eigenvalue weighted by molar-refractivity contribution is 6.23. The summed E-state index contributed by atoms with van der Waals surface area (Å²) in [6.07, 6.45) is 2.65. The van der Waals surface area contributed by atoms with Gasteiger partial charge in [-0.1, -0.05) is 61.0 Å². The molecule has 0 unspecified atom stereocenters. The standard InChI is InChI=1S/C38H33NO6/c1-20-21(2)35(43)38(3)30(33(20)41)19-29-27(32(38)22-11-15-26(40)16-12-22)17-18-28-31(29)37(45)39(36(28)44)25-13-9-24(10-14-25)34(42)23-7-5-4-6-8-23/h4-17,28-32,40H,18-19H2,1-3H3/t28-,29+,30-,31-,32-,38+/m0/s1. The minimum atomic E-state index is -1.07. The van der Waals surface area contributed by atoms with E-state index in [1.165, 1.54) is 4.90 Å². The van der Waals surface area contributed by atoms with E-state index < -0.39 is 35.0 Å². The first-order valence-electron chi connectivity index (χ1n) is 15.4. The molecule has 1 saturated carbocycles. The van der Waals surface area contributed by atoms with E-state index in [0.29, 0.717) is 40.8 Å². The molecular formula is C38H33NO6. The molecule has 1 saturated heterocycles. The van der Waals surface area contributed by atoms with Crippen molar-refractivity contribution in [3.8, 4) is 5.75 Å². The van der Waals surface area contributed by atoms with Gasteiger partial charge < -0.3 is 5.11 Å². The lowest BCUT2D eigenvalue weighted by Gasteiger charge is -2.54. The number of allylic oxidation sites excluding steroid dienone is 4. The molecule has 3 aromatic rings. The van der Waals surface area contributed by atoms with Crippen molar-refractivity contribution in [2.24, 2.45) is 29.1 Å². The minimum Gasteiger partial charge on any atom is -0.508 e. The van der Waals surface area contributed by atoms with E-state index in [1.807, 2.05) is 19.1 Å². The molecule has 0 radical (unpaired) electrons. The number of phenols is 1. The number of benzene rings is 3. The van der Waals surface area contributed by atoms with Crippen LogP contribution in [-0.4, -0.2) is 34.3 Å². The first kappa shape index (κ1) is 28.8. The van der Waals surface area contributed by atoms with Crippen molar-refractivity contribution in [2.45, 2.75) is 39.5 Å². The highest BCUT2D eigenvalue weighted by atomic mass is 16.3. The molecule has 7 heteroatoms. The lowest BCUT2D eigenvalue weighted by molar-refractivity contribution is -0.142. The van der Waals surface area contributed by atoms with Crippen molar-refractivity contribution >= 4 is 34.9 Å². The maximum Gasteiger partial charge on any atom is 0.238 e. The third-order valence-electron chi connectivity index (χ3n) is 10.8. The summed E-state index contributed by atoms with van der Waals surface area (Å²) in [5.74, 6) is -3.69. The third-order valence-corrected chi connectivity index (χ3v) is 10.8. The highest BCUT2D eigenvalue weighted by Gasteiger charge is 2.64. The summed E-state index contributed by atoms with van der Waals surface area (Å²) < 4.78 is 0. The number of rotatable bonds is 4. The lowest BCUT2D eigenvalue weighted by atomic mass is 9.46. The molecule has 0 aromatic heterocycles. The van der Waals surface area contributed by atoms with Gasteiger partial charge in [0.15, 0.2) is 17.3 Å². The zero-order valence-electron chi connectivity index (χ0n) is 25.3. The van der Waals surface area contributed by atoms with Crippen molar-refractivity contribution < 1.29 is 29.1 Å². The molecule has 7 nitrogen and oxygen atoms in total. The second-order valence-electron chi connectivity index (χ2n) is 13.0. The molecular weight excluding hydrogens is 566 g/mol. The van der Waals surface area contributed by atoms with Crippen LogP contribution in [0.1, 0.15) is 61.0 Å². The number of anilines is 1. The van der Waals surface area contributed by atoms with Gasteiger partial charge >= 0.3 is 0 Å². The second kappa shape index (κ2) is 10.3. The largest absolute Gasteiger partial charge is 0.508 e. The van der Waals surface area contributed by atoms with Crippen LogP contribution in [-0.2, 0) is 19.2 Å². The zero-order valence-corrected chi connectivity index (χ0v) is 25.3. The van der Waals surface area contributed by atoms with E-state index in [9.17, 15) is 29.1 Å². The van der Waals surface area contributed by atoms with Gasteiger partial charge in [-0.3, -0.25) is 28.9 Å². The maximum absolute atomic E-state index is 14.3. The topological polar surface area (TPSA) is 109 Å². The summed E-state index contributed by atoms with van der Waals surface area (Å²) in [5.41, 5.74) is 2.94. The summed E-state index contributed by atoms with van der Waals surface area (Å²) in [7, 11) is 0. The Balaban J connectivity index is 1.27. The van der Waals surface area contributed by atoms with Gasteiger partial charge in [-0.2, -0.15) is 0 Å². The second-order valence-corrected chi connectivity index (χ2v) is 13.0. The molecule has 3 aliphatic carbocycles. The predicted octanol–water partition coefficient (Wildman–Crippen LogP) is 5.97. The maximum atomic E-state index is 14.3. The normalized spacial score (nSPS) is 29.3. The number of fused-ring (bicyclic) bond motifs is 4. The van der Waals surface area contributed by atoms with Crippen LogP contribution < -0.4 is 4.90 Å². The number of carbonyl (C=O) groups is 5. The summed E-state index contributed by atoms with van der Waals surface area (Å²) in [4.78, 5) is 70.2. The number of nitrogens with zero attached hydrogens (tertiary/aromatic N) is 1. The van der Waals surface area contributed by atoms with Gasteiger partial charge in [0.25, 0.3) is 0 Å². The number of phenolic OH excluding ortho intramolecular Hbond substituents is 1. The smallest absolute Gasteiger partial charge is 0.238 e. The fraction of sp³-hybridized carbons (Fsp3) is 0.289. The fourth-order valence-electron chi connectivity index (χ4n) is 8.40. The number of hydrogen-bond donors (Lipinski definition) is 1. The van der Waals surface area contributed by atoms with Crippen LogP contribution in [0.5, 0.6) is 5.75 Å². The number of ketones is 3. The number of hydrogen-bond acceptors (Lipinski definition) is 6. The van der Waals surface area contributed by atoms with Crippen LogP contribution in [0.3, 0.4) is 0 Å². The van der Waals surface area contributed by atoms with Gasteiger partial charge in [0.2, 0.25) is 11.8 Å². The van der Waals surface area contributed by atoms with Gasteiger partial charge in [-0.25, -0.2) is 0 Å². The van der Waals surface area contributed by atoms with Crippen LogP contribution >= 0.6 is 0 Å². The summed E-state index contributed by atoms with van der Waals surface area (Å²) in [6.45, 7) is 5.26. The summed E-state index contributed by atoms with van der Waals surface area (Å²) in [5, 5.41) is 10.0. The Bertz CT molecular complexity index is 1850. The Hall–Kier alpha value is -4.91. The van der Waals surface area contributed by atoms with E-state index in [4.69, 9.17) is 0 Å². The van der Waals surface area contributed by atoms with Crippen LogP contribution in [0.25, 0.3) is 0 Å². The van der Waals surface area contributed by atoms with Gasteiger partial charge in [-0.15, -0.1) is 0 Å². The van der Waals surface area contributed by atoms with E-state index >= 15 is 0 Å².